The highest BCUT2D eigenvalue weighted by molar-refractivity contribution is 6.13. The topological polar surface area (TPSA) is 105 Å². The third-order valence-corrected chi connectivity index (χ3v) is 5.61. The number of benzene rings is 2. The van der Waals surface area contributed by atoms with Crippen molar-refractivity contribution in [2.24, 2.45) is 0 Å². The summed E-state index contributed by atoms with van der Waals surface area (Å²) in [6.45, 7) is 5.92. The van der Waals surface area contributed by atoms with Crippen molar-refractivity contribution in [3.05, 3.63) is 48.0 Å². The Morgan fingerprint density at radius 3 is 2.61 bits per heavy atom. The molecule has 1 aliphatic heterocycles. The van der Waals surface area contributed by atoms with Gasteiger partial charge < -0.3 is 24.7 Å². The molecule has 0 spiro atoms. The predicted octanol–water partition coefficient (Wildman–Crippen LogP) is 3.36. The van der Waals surface area contributed by atoms with Crippen LogP contribution in [0.25, 0.3) is 22.1 Å². The maximum Gasteiger partial charge on any atom is 0.394 e. The van der Waals surface area contributed by atoms with E-state index in [1.807, 2.05) is 6.07 Å². The fourth-order valence-corrected chi connectivity index (χ4v) is 4.33. The summed E-state index contributed by atoms with van der Waals surface area (Å²) in [5.41, 5.74) is 2.83. The Morgan fingerprint density at radius 1 is 1.15 bits per heavy atom. The first kappa shape index (κ1) is 21.1. The highest BCUT2D eigenvalue weighted by Gasteiger charge is 2.25. The van der Waals surface area contributed by atoms with Crippen molar-refractivity contribution >= 4 is 39.4 Å². The number of ether oxygens (including phenoxy) is 1. The molecule has 0 aliphatic carbocycles. The van der Waals surface area contributed by atoms with Gasteiger partial charge in [-0.25, -0.2) is 4.39 Å². The van der Waals surface area contributed by atoms with Crippen LogP contribution in [-0.4, -0.2) is 53.1 Å². The molecule has 0 unspecified atom stereocenters. The quantitative estimate of drug-likeness (QED) is 0.488. The van der Waals surface area contributed by atoms with E-state index in [1.54, 1.807) is 18.5 Å². The Balaban J connectivity index is 1.49. The van der Waals surface area contributed by atoms with E-state index in [-0.39, 0.29) is 22.9 Å². The van der Waals surface area contributed by atoms with E-state index in [0.29, 0.717) is 28.7 Å². The molecule has 1 aliphatic rings. The molecule has 10 heteroatoms. The van der Waals surface area contributed by atoms with Crippen LogP contribution in [0.15, 0.2) is 41.1 Å². The van der Waals surface area contributed by atoms with E-state index in [1.165, 1.54) is 19.2 Å². The van der Waals surface area contributed by atoms with Crippen molar-refractivity contribution in [1.29, 1.82) is 0 Å². The summed E-state index contributed by atoms with van der Waals surface area (Å²) in [4.78, 5) is 28.3. The standard InChI is InChI=1S/C23H23FN6O3/c1-12-10-30(11-13(2)27-12)17-5-4-15(19-21(17)26-7-6-25-19)22(31)28-14-8-16(24)20-18(9-14)33-23(29-20)32-3/h4-9,12-13,27H,10-11H2,1-3H3,(H,28,31)/t12-,13-/m1/s1. The number of hydrogen-bond donors (Lipinski definition) is 2. The first-order chi connectivity index (χ1) is 15.9. The van der Waals surface area contributed by atoms with Crippen molar-refractivity contribution < 1.29 is 18.3 Å². The Labute approximate surface area is 189 Å². The molecule has 3 heterocycles. The molecule has 2 aromatic carbocycles. The molecule has 5 rings (SSSR count). The SMILES string of the molecule is COc1nc2c(F)cc(NC(=O)c3ccc(N4C[C@@H](C)N[C@H](C)C4)c4nccnc34)cc2o1. The smallest absolute Gasteiger partial charge is 0.394 e. The molecule has 0 saturated carbocycles. The number of hydrogen-bond acceptors (Lipinski definition) is 8. The number of methoxy groups -OCH3 is 1. The number of carbonyl (C=O) groups excluding carboxylic acids is 1. The van der Waals surface area contributed by atoms with Gasteiger partial charge in [-0.1, -0.05) is 0 Å². The Morgan fingerprint density at radius 2 is 1.88 bits per heavy atom. The number of oxazole rings is 1. The minimum atomic E-state index is -0.628. The number of amides is 1. The van der Waals surface area contributed by atoms with Crippen LogP contribution in [0.5, 0.6) is 6.08 Å². The maximum absolute atomic E-state index is 14.5. The van der Waals surface area contributed by atoms with Crippen LogP contribution in [0.2, 0.25) is 0 Å². The van der Waals surface area contributed by atoms with Gasteiger partial charge in [-0.05, 0) is 32.0 Å². The highest BCUT2D eigenvalue weighted by Crippen LogP contribution is 2.30. The zero-order chi connectivity index (χ0) is 23.1. The van der Waals surface area contributed by atoms with Crippen molar-refractivity contribution in [2.45, 2.75) is 25.9 Å². The third kappa shape index (κ3) is 3.93. The number of piperazine rings is 1. The van der Waals surface area contributed by atoms with Crippen molar-refractivity contribution in [3.8, 4) is 6.08 Å². The number of rotatable bonds is 4. The van der Waals surface area contributed by atoms with E-state index >= 15 is 0 Å². The van der Waals surface area contributed by atoms with Gasteiger partial charge in [-0.2, -0.15) is 4.98 Å². The number of anilines is 2. The van der Waals surface area contributed by atoms with Gasteiger partial charge in [0, 0.05) is 49.3 Å². The van der Waals surface area contributed by atoms with Gasteiger partial charge >= 0.3 is 6.08 Å². The molecule has 0 bridgehead atoms. The summed E-state index contributed by atoms with van der Waals surface area (Å²) in [5, 5.41) is 6.24. The van der Waals surface area contributed by atoms with Crippen LogP contribution in [0.3, 0.4) is 0 Å². The minimum Gasteiger partial charge on any atom is -0.453 e. The highest BCUT2D eigenvalue weighted by atomic mass is 19.1. The molecule has 2 N–H and O–H groups in total. The average molecular weight is 450 g/mol. The lowest BCUT2D eigenvalue weighted by atomic mass is 10.1. The lowest BCUT2D eigenvalue weighted by molar-refractivity contribution is 0.102. The number of fused-ring (bicyclic) bond motifs is 2. The molecule has 9 nitrogen and oxygen atoms in total. The van der Waals surface area contributed by atoms with Gasteiger partial charge in [-0.15, -0.1) is 0 Å². The van der Waals surface area contributed by atoms with Crippen LogP contribution < -0.4 is 20.3 Å². The second-order valence-corrected chi connectivity index (χ2v) is 8.20. The van der Waals surface area contributed by atoms with Crippen molar-refractivity contribution in [2.75, 3.05) is 30.4 Å². The summed E-state index contributed by atoms with van der Waals surface area (Å²) in [5.74, 6) is -1.06. The van der Waals surface area contributed by atoms with Crippen LogP contribution in [0.4, 0.5) is 15.8 Å². The van der Waals surface area contributed by atoms with Gasteiger partial charge in [0.05, 0.1) is 18.4 Å². The zero-order valence-electron chi connectivity index (χ0n) is 18.4. The number of aromatic nitrogens is 3. The summed E-state index contributed by atoms with van der Waals surface area (Å²) in [6.07, 6.45) is 3.11. The van der Waals surface area contributed by atoms with Gasteiger partial charge in [0.15, 0.2) is 11.4 Å². The minimum absolute atomic E-state index is 0.0324. The van der Waals surface area contributed by atoms with E-state index in [2.05, 4.69) is 44.3 Å². The Kier molecular flexibility index (Phi) is 5.29. The van der Waals surface area contributed by atoms with Gasteiger partial charge in [0.1, 0.15) is 16.6 Å². The summed E-state index contributed by atoms with van der Waals surface area (Å²) in [6, 6.07) is 6.95. The first-order valence-electron chi connectivity index (χ1n) is 10.6. The summed E-state index contributed by atoms with van der Waals surface area (Å²) in [7, 11) is 1.38. The van der Waals surface area contributed by atoms with Crippen LogP contribution in [0, 0.1) is 5.82 Å². The van der Waals surface area contributed by atoms with Crippen molar-refractivity contribution in [1.82, 2.24) is 20.3 Å². The third-order valence-electron chi connectivity index (χ3n) is 5.61. The Bertz CT molecular complexity index is 1350. The fourth-order valence-electron chi connectivity index (χ4n) is 4.33. The molecular formula is C23H23FN6O3. The second-order valence-electron chi connectivity index (χ2n) is 8.20. The molecule has 1 amide bonds. The molecule has 33 heavy (non-hydrogen) atoms. The van der Waals surface area contributed by atoms with Crippen LogP contribution in [-0.2, 0) is 0 Å². The molecule has 170 valence electrons. The number of carbonyl (C=O) groups is 1. The van der Waals surface area contributed by atoms with E-state index < -0.39 is 11.7 Å². The summed E-state index contributed by atoms with van der Waals surface area (Å²) >= 11 is 0. The molecule has 4 aromatic rings. The van der Waals surface area contributed by atoms with Gasteiger partial charge in [0.2, 0.25) is 0 Å². The average Bonchev–Trinajstić information content (AvgIpc) is 3.21. The van der Waals surface area contributed by atoms with Crippen LogP contribution in [0.1, 0.15) is 24.2 Å². The first-order valence-corrected chi connectivity index (χ1v) is 10.6. The van der Waals surface area contributed by atoms with E-state index in [0.717, 1.165) is 18.8 Å². The molecule has 0 radical (unpaired) electrons. The largest absolute Gasteiger partial charge is 0.453 e. The lowest BCUT2D eigenvalue weighted by Crippen LogP contribution is -2.54. The molecule has 1 saturated heterocycles. The van der Waals surface area contributed by atoms with Gasteiger partial charge in [-0.3, -0.25) is 14.8 Å². The van der Waals surface area contributed by atoms with E-state index in [9.17, 15) is 9.18 Å². The Hall–Kier alpha value is -3.79. The molecule has 1 fully saturated rings. The summed E-state index contributed by atoms with van der Waals surface area (Å²) < 4.78 is 24.7. The second kappa shape index (κ2) is 8.28. The van der Waals surface area contributed by atoms with Crippen molar-refractivity contribution in [3.63, 3.8) is 0 Å². The normalized spacial score (nSPS) is 18.6. The molecule has 2 aromatic heterocycles. The maximum atomic E-state index is 14.5. The monoisotopic (exact) mass is 450 g/mol. The van der Waals surface area contributed by atoms with Gasteiger partial charge in [0.25, 0.3) is 5.91 Å². The zero-order valence-corrected chi connectivity index (χ0v) is 18.4. The van der Waals surface area contributed by atoms with E-state index in [4.69, 9.17) is 9.15 Å². The molecular weight excluding hydrogens is 427 g/mol. The fraction of sp³-hybridized carbons (Fsp3) is 0.304. The molecule has 2 atom stereocenters. The van der Waals surface area contributed by atoms with Crippen LogP contribution >= 0.6 is 0 Å². The predicted molar refractivity (Wildman–Crippen MR) is 122 cm³/mol. The number of halogens is 1. The number of nitrogens with one attached hydrogen (secondary N) is 2. The number of nitrogens with zero attached hydrogens (tertiary/aromatic N) is 4. The lowest BCUT2D eigenvalue weighted by Gasteiger charge is -2.38.